The Kier molecular flexibility index (Phi) is 8.55. The molecule has 1 aromatic carbocycles. The number of benzene rings is 1. The first kappa shape index (κ1) is 19.0. The minimum Gasteiger partial charge on any atom is -0.492 e. The van der Waals surface area contributed by atoms with Crippen LogP contribution in [0.5, 0.6) is 5.75 Å². The minimum atomic E-state index is 0. The lowest BCUT2D eigenvalue weighted by Crippen LogP contribution is -2.16. The Morgan fingerprint density at radius 3 is 2.86 bits per heavy atom. The predicted octanol–water partition coefficient (Wildman–Crippen LogP) is 2.57. The fourth-order valence-corrected chi connectivity index (χ4v) is 2.72. The van der Waals surface area contributed by atoms with Crippen molar-refractivity contribution in [1.29, 1.82) is 0 Å². The van der Waals surface area contributed by atoms with Crippen LogP contribution >= 0.6 is 35.8 Å². The molecule has 1 heterocycles. The number of ether oxygens (including phenoxy) is 1. The predicted molar refractivity (Wildman–Crippen MR) is 91.1 cm³/mol. The van der Waals surface area contributed by atoms with E-state index in [1.807, 2.05) is 32.2 Å². The van der Waals surface area contributed by atoms with Crippen LogP contribution in [0.2, 0.25) is 5.02 Å². The maximum absolute atomic E-state index is 6.15. The van der Waals surface area contributed by atoms with Gasteiger partial charge in [-0.1, -0.05) is 29.4 Å². The van der Waals surface area contributed by atoms with Crippen LogP contribution in [0.3, 0.4) is 0 Å². The molecular formula is C13H19Cl2N5OS. The second-order valence-electron chi connectivity index (χ2n) is 4.31. The zero-order valence-corrected chi connectivity index (χ0v) is 14.8. The highest BCUT2D eigenvalue weighted by atomic mass is 35.5. The Labute approximate surface area is 145 Å². The molecule has 2 aromatic rings. The molecule has 6 nitrogen and oxygen atoms in total. The number of hydrogen-bond donors (Lipinski definition) is 1. The molecule has 1 aromatic heterocycles. The number of nitrogens with zero attached hydrogens (tertiary/aromatic N) is 4. The normalized spacial score (nSPS) is 10.3. The summed E-state index contributed by atoms with van der Waals surface area (Å²) in [6.07, 6.45) is 0. The minimum absolute atomic E-state index is 0. The molecule has 9 heteroatoms. The quantitative estimate of drug-likeness (QED) is 0.574. The lowest BCUT2D eigenvalue weighted by molar-refractivity contribution is 0.340. The molecule has 0 atom stereocenters. The largest absolute Gasteiger partial charge is 0.492 e. The van der Waals surface area contributed by atoms with Crippen molar-refractivity contribution in [3.63, 3.8) is 0 Å². The smallest absolute Gasteiger partial charge is 0.209 e. The van der Waals surface area contributed by atoms with Crippen LogP contribution in [0.25, 0.3) is 0 Å². The average Bonchev–Trinajstić information content (AvgIpc) is 2.87. The maximum Gasteiger partial charge on any atom is 0.209 e. The van der Waals surface area contributed by atoms with E-state index < -0.39 is 0 Å². The first-order valence-corrected chi connectivity index (χ1v) is 8.04. The van der Waals surface area contributed by atoms with Crippen molar-refractivity contribution in [2.24, 2.45) is 7.05 Å². The van der Waals surface area contributed by atoms with Gasteiger partial charge in [-0.25, -0.2) is 4.68 Å². The Balaban J connectivity index is 0.00000242. The van der Waals surface area contributed by atoms with E-state index in [2.05, 4.69) is 20.8 Å². The first-order valence-electron chi connectivity index (χ1n) is 6.67. The fourth-order valence-electron chi connectivity index (χ4n) is 1.72. The molecule has 0 aliphatic carbocycles. The zero-order valence-electron chi connectivity index (χ0n) is 12.5. The number of nitrogens with one attached hydrogen (secondary N) is 1. The van der Waals surface area contributed by atoms with Crippen LogP contribution in [0, 0.1) is 0 Å². The van der Waals surface area contributed by atoms with E-state index in [9.17, 15) is 0 Å². The van der Waals surface area contributed by atoms with Crippen LogP contribution in [-0.2, 0) is 13.6 Å². The molecule has 0 saturated heterocycles. The molecule has 122 valence electrons. The van der Waals surface area contributed by atoms with E-state index in [1.165, 1.54) is 0 Å². The van der Waals surface area contributed by atoms with E-state index in [4.69, 9.17) is 16.3 Å². The van der Waals surface area contributed by atoms with Gasteiger partial charge in [0.2, 0.25) is 5.16 Å². The summed E-state index contributed by atoms with van der Waals surface area (Å²) >= 11 is 7.77. The van der Waals surface area contributed by atoms with Crippen LogP contribution in [-0.4, -0.2) is 39.1 Å². The van der Waals surface area contributed by atoms with Gasteiger partial charge in [0, 0.05) is 25.9 Å². The lowest BCUT2D eigenvalue weighted by Gasteiger charge is -2.08. The Morgan fingerprint density at radius 2 is 2.23 bits per heavy atom. The van der Waals surface area contributed by atoms with Crippen molar-refractivity contribution in [3.8, 4) is 5.75 Å². The van der Waals surface area contributed by atoms with Crippen LogP contribution in [0.15, 0.2) is 23.4 Å². The topological polar surface area (TPSA) is 64.9 Å². The van der Waals surface area contributed by atoms with Crippen molar-refractivity contribution in [3.05, 3.63) is 28.8 Å². The van der Waals surface area contributed by atoms with Crippen molar-refractivity contribution in [2.75, 3.05) is 18.9 Å². The van der Waals surface area contributed by atoms with Gasteiger partial charge in [-0.2, -0.15) is 0 Å². The molecule has 0 aliphatic rings. The highest BCUT2D eigenvalue weighted by Gasteiger charge is 2.04. The summed E-state index contributed by atoms with van der Waals surface area (Å²) in [4.78, 5) is 0. The van der Waals surface area contributed by atoms with Gasteiger partial charge in [-0.3, -0.25) is 0 Å². The van der Waals surface area contributed by atoms with E-state index in [0.29, 0.717) is 11.6 Å². The molecule has 0 radical (unpaired) electrons. The maximum atomic E-state index is 6.15. The van der Waals surface area contributed by atoms with Crippen molar-refractivity contribution >= 4 is 35.8 Å². The van der Waals surface area contributed by atoms with Gasteiger partial charge >= 0.3 is 0 Å². The molecule has 0 fully saturated rings. The van der Waals surface area contributed by atoms with Crippen molar-refractivity contribution < 1.29 is 4.74 Å². The lowest BCUT2D eigenvalue weighted by atomic mass is 10.2. The standard InChI is InChI=1S/C13H18ClN5OS.ClH/c1-3-20-12-5-4-10(8-11(12)14)9-15-6-7-21-13-16-17-18-19(13)2;/h4-5,8,15H,3,6-7,9H2,1-2H3;1H. The zero-order chi connectivity index (χ0) is 15.1. The monoisotopic (exact) mass is 363 g/mol. The Bertz CT molecular complexity index is 581. The number of rotatable bonds is 8. The molecule has 0 unspecified atom stereocenters. The van der Waals surface area contributed by atoms with Crippen molar-refractivity contribution in [1.82, 2.24) is 25.5 Å². The Morgan fingerprint density at radius 1 is 1.41 bits per heavy atom. The summed E-state index contributed by atoms with van der Waals surface area (Å²) in [6.45, 7) is 4.19. The summed E-state index contributed by atoms with van der Waals surface area (Å²) in [5, 5.41) is 16.1. The summed E-state index contributed by atoms with van der Waals surface area (Å²) < 4.78 is 7.07. The average molecular weight is 364 g/mol. The summed E-state index contributed by atoms with van der Waals surface area (Å²) in [5.74, 6) is 1.63. The highest BCUT2D eigenvalue weighted by molar-refractivity contribution is 7.99. The van der Waals surface area contributed by atoms with E-state index in [0.717, 1.165) is 35.3 Å². The molecule has 0 aliphatic heterocycles. The first-order chi connectivity index (χ1) is 10.2. The summed E-state index contributed by atoms with van der Waals surface area (Å²) in [5.41, 5.74) is 1.13. The molecule has 22 heavy (non-hydrogen) atoms. The third-order valence-electron chi connectivity index (χ3n) is 2.72. The van der Waals surface area contributed by atoms with E-state index in [1.54, 1.807) is 16.4 Å². The molecule has 0 amide bonds. The summed E-state index contributed by atoms with van der Waals surface area (Å²) in [7, 11) is 1.83. The fraction of sp³-hybridized carbons (Fsp3) is 0.462. The van der Waals surface area contributed by atoms with Gasteiger partial charge in [0.15, 0.2) is 0 Å². The number of halogens is 2. The molecule has 0 saturated carbocycles. The third-order valence-corrected chi connectivity index (χ3v) is 4.02. The summed E-state index contributed by atoms with van der Waals surface area (Å²) in [6, 6.07) is 5.85. The van der Waals surface area contributed by atoms with Gasteiger partial charge in [-0.05, 0) is 35.0 Å². The van der Waals surface area contributed by atoms with Gasteiger partial charge in [0.05, 0.1) is 11.6 Å². The van der Waals surface area contributed by atoms with Gasteiger partial charge in [0.1, 0.15) is 5.75 Å². The van der Waals surface area contributed by atoms with Crippen LogP contribution in [0.1, 0.15) is 12.5 Å². The molecular weight excluding hydrogens is 345 g/mol. The number of aryl methyl sites for hydroxylation is 1. The van der Waals surface area contributed by atoms with Gasteiger partial charge in [0.25, 0.3) is 0 Å². The van der Waals surface area contributed by atoms with Crippen molar-refractivity contribution in [2.45, 2.75) is 18.6 Å². The van der Waals surface area contributed by atoms with Gasteiger partial charge in [-0.15, -0.1) is 17.5 Å². The molecule has 0 bridgehead atoms. The van der Waals surface area contributed by atoms with Crippen LogP contribution in [0.4, 0.5) is 0 Å². The number of tetrazole rings is 1. The van der Waals surface area contributed by atoms with E-state index in [-0.39, 0.29) is 12.4 Å². The second kappa shape index (κ2) is 9.89. The van der Waals surface area contributed by atoms with E-state index >= 15 is 0 Å². The second-order valence-corrected chi connectivity index (χ2v) is 5.78. The highest BCUT2D eigenvalue weighted by Crippen LogP contribution is 2.25. The molecule has 1 N–H and O–H groups in total. The SMILES string of the molecule is CCOc1ccc(CNCCSc2nnnn2C)cc1Cl.Cl. The number of thioether (sulfide) groups is 1. The van der Waals surface area contributed by atoms with Crippen LogP contribution < -0.4 is 10.1 Å². The molecule has 0 spiro atoms. The van der Waals surface area contributed by atoms with Gasteiger partial charge < -0.3 is 10.1 Å². The number of hydrogen-bond acceptors (Lipinski definition) is 6. The Hall–Kier alpha value is -1.02. The third kappa shape index (κ3) is 5.64. The molecule has 2 rings (SSSR count). The number of aromatic nitrogens is 4.